The Kier molecular flexibility index (Phi) is 4.12. The van der Waals surface area contributed by atoms with Crippen molar-refractivity contribution in [1.29, 1.82) is 0 Å². The second-order valence-corrected chi connectivity index (χ2v) is 6.48. The molecule has 1 unspecified atom stereocenters. The smallest absolute Gasteiger partial charge is 0.104 e. The molecule has 1 fully saturated rings. The summed E-state index contributed by atoms with van der Waals surface area (Å²) in [7, 11) is 0. The second-order valence-electron chi connectivity index (χ2n) is 6.48. The standard InChI is InChI=1S/C20H24O/c1-14(2)15-10-12-17(13-11-15)20(21)19-9-4-3-8-18(19)16-6-5-7-16/h3-4,8-14,16,20-21H,5-7H2,1-2H3. The summed E-state index contributed by atoms with van der Waals surface area (Å²) in [4.78, 5) is 0. The van der Waals surface area contributed by atoms with Crippen molar-refractivity contribution < 1.29 is 5.11 Å². The van der Waals surface area contributed by atoms with Crippen LogP contribution < -0.4 is 0 Å². The molecule has 21 heavy (non-hydrogen) atoms. The molecule has 0 saturated heterocycles. The average Bonchev–Trinajstić information content (AvgIpc) is 2.45. The molecule has 0 spiro atoms. The molecular formula is C20H24O. The van der Waals surface area contributed by atoms with Gasteiger partial charge in [-0.15, -0.1) is 0 Å². The van der Waals surface area contributed by atoms with E-state index in [1.807, 2.05) is 6.07 Å². The van der Waals surface area contributed by atoms with Gasteiger partial charge in [-0.3, -0.25) is 0 Å². The highest BCUT2D eigenvalue weighted by Crippen LogP contribution is 2.40. The quantitative estimate of drug-likeness (QED) is 0.820. The minimum atomic E-state index is -0.511. The van der Waals surface area contributed by atoms with Gasteiger partial charge in [-0.25, -0.2) is 0 Å². The van der Waals surface area contributed by atoms with Crippen LogP contribution in [0.1, 0.15) is 73.3 Å². The maximum atomic E-state index is 10.8. The Balaban J connectivity index is 1.89. The molecule has 110 valence electrons. The Morgan fingerprint density at radius 2 is 1.52 bits per heavy atom. The fourth-order valence-corrected chi connectivity index (χ4v) is 3.09. The lowest BCUT2D eigenvalue weighted by Crippen LogP contribution is -2.13. The van der Waals surface area contributed by atoms with Crippen molar-refractivity contribution in [2.75, 3.05) is 0 Å². The molecule has 2 aromatic rings. The van der Waals surface area contributed by atoms with Gasteiger partial charge in [-0.2, -0.15) is 0 Å². The van der Waals surface area contributed by atoms with Gasteiger partial charge in [0.25, 0.3) is 0 Å². The van der Waals surface area contributed by atoms with E-state index in [1.54, 1.807) is 0 Å². The van der Waals surface area contributed by atoms with Crippen molar-refractivity contribution >= 4 is 0 Å². The van der Waals surface area contributed by atoms with Crippen molar-refractivity contribution in [3.8, 4) is 0 Å². The molecule has 0 radical (unpaired) electrons. The first-order valence-electron chi connectivity index (χ1n) is 8.03. The minimum absolute atomic E-state index is 0.511. The van der Waals surface area contributed by atoms with Crippen LogP contribution in [0.5, 0.6) is 0 Å². The highest BCUT2D eigenvalue weighted by molar-refractivity contribution is 5.39. The Hall–Kier alpha value is -1.60. The van der Waals surface area contributed by atoms with Crippen molar-refractivity contribution in [3.63, 3.8) is 0 Å². The van der Waals surface area contributed by atoms with Gasteiger partial charge < -0.3 is 5.11 Å². The summed E-state index contributed by atoms with van der Waals surface area (Å²) in [5, 5.41) is 10.8. The maximum absolute atomic E-state index is 10.8. The molecule has 0 aliphatic heterocycles. The fourth-order valence-electron chi connectivity index (χ4n) is 3.09. The summed E-state index contributed by atoms with van der Waals surface area (Å²) in [6.07, 6.45) is 3.33. The molecule has 2 aromatic carbocycles. The largest absolute Gasteiger partial charge is 0.384 e. The van der Waals surface area contributed by atoms with Crippen LogP contribution in [0.2, 0.25) is 0 Å². The Labute approximate surface area is 127 Å². The zero-order chi connectivity index (χ0) is 14.8. The first-order valence-corrected chi connectivity index (χ1v) is 8.03. The number of hydrogen-bond donors (Lipinski definition) is 1. The van der Waals surface area contributed by atoms with E-state index >= 15 is 0 Å². The predicted octanol–water partition coefficient (Wildman–Crippen LogP) is 5.16. The zero-order valence-corrected chi connectivity index (χ0v) is 12.9. The van der Waals surface area contributed by atoms with E-state index in [4.69, 9.17) is 0 Å². The Bertz CT molecular complexity index is 593. The number of aliphatic hydroxyl groups is 1. The first-order chi connectivity index (χ1) is 10.2. The normalized spacial score (nSPS) is 16.8. The van der Waals surface area contributed by atoms with Gasteiger partial charge >= 0.3 is 0 Å². The summed E-state index contributed by atoms with van der Waals surface area (Å²) < 4.78 is 0. The zero-order valence-electron chi connectivity index (χ0n) is 12.9. The molecule has 1 aliphatic rings. The van der Waals surface area contributed by atoms with Crippen LogP contribution in [0.3, 0.4) is 0 Å². The lowest BCUT2D eigenvalue weighted by atomic mass is 9.77. The summed E-state index contributed by atoms with van der Waals surface area (Å²) in [5.41, 5.74) is 4.73. The lowest BCUT2D eigenvalue weighted by molar-refractivity contribution is 0.217. The monoisotopic (exact) mass is 280 g/mol. The van der Waals surface area contributed by atoms with Gasteiger partial charge in [0.1, 0.15) is 6.10 Å². The number of rotatable bonds is 4. The van der Waals surface area contributed by atoms with Gasteiger partial charge in [0.05, 0.1) is 0 Å². The van der Waals surface area contributed by atoms with Crippen molar-refractivity contribution in [2.24, 2.45) is 0 Å². The summed E-state index contributed by atoms with van der Waals surface area (Å²) >= 11 is 0. The first kappa shape index (κ1) is 14.3. The van der Waals surface area contributed by atoms with E-state index in [9.17, 15) is 5.11 Å². The molecule has 1 N–H and O–H groups in total. The van der Waals surface area contributed by atoms with Crippen LogP contribution in [-0.2, 0) is 0 Å². The SMILES string of the molecule is CC(C)c1ccc(C(O)c2ccccc2C2CCC2)cc1. The maximum Gasteiger partial charge on any atom is 0.104 e. The predicted molar refractivity (Wildman–Crippen MR) is 87.6 cm³/mol. The molecule has 3 rings (SSSR count). The van der Waals surface area contributed by atoms with Crippen molar-refractivity contribution in [3.05, 3.63) is 70.8 Å². The van der Waals surface area contributed by atoms with Gasteiger partial charge in [0.2, 0.25) is 0 Å². The van der Waals surface area contributed by atoms with Crippen LogP contribution in [0.25, 0.3) is 0 Å². The van der Waals surface area contributed by atoms with E-state index in [0.29, 0.717) is 11.8 Å². The lowest BCUT2D eigenvalue weighted by Gasteiger charge is -2.29. The Morgan fingerprint density at radius 3 is 2.10 bits per heavy atom. The van der Waals surface area contributed by atoms with E-state index in [-0.39, 0.29) is 0 Å². The topological polar surface area (TPSA) is 20.2 Å². The summed E-state index contributed by atoms with van der Waals surface area (Å²) in [6, 6.07) is 16.8. The number of benzene rings is 2. The van der Waals surface area contributed by atoms with Crippen LogP contribution in [-0.4, -0.2) is 5.11 Å². The van der Waals surface area contributed by atoms with Crippen LogP contribution in [0, 0.1) is 0 Å². The molecule has 0 amide bonds. The minimum Gasteiger partial charge on any atom is -0.384 e. The van der Waals surface area contributed by atoms with E-state index in [1.165, 1.54) is 30.4 Å². The number of hydrogen-bond acceptors (Lipinski definition) is 1. The molecule has 0 aromatic heterocycles. The number of aliphatic hydroxyl groups excluding tert-OH is 1. The van der Waals surface area contributed by atoms with Gasteiger partial charge in [0.15, 0.2) is 0 Å². The van der Waals surface area contributed by atoms with Crippen LogP contribution in [0.4, 0.5) is 0 Å². The Morgan fingerprint density at radius 1 is 0.905 bits per heavy atom. The van der Waals surface area contributed by atoms with E-state index in [0.717, 1.165) is 11.1 Å². The van der Waals surface area contributed by atoms with Gasteiger partial charge in [-0.05, 0) is 46.9 Å². The molecule has 0 heterocycles. The molecule has 1 saturated carbocycles. The highest BCUT2D eigenvalue weighted by Gasteiger charge is 2.24. The van der Waals surface area contributed by atoms with Gasteiger partial charge in [-0.1, -0.05) is 68.8 Å². The van der Waals surface area contributed by atoms with E-state index in [2.05, 4.69) is 56.3 Å². The van der Waals surface area contributed by atoms with E-state index < -0.39 is 6.10 Å². The highest BCUT2D eigenvalue weighted by atomic mass is 16.3. The molecule has 0 bridgehead atoms. The average molecular weight is 280 g/mol. The molecule has 1 aliphatic carbocycles. The molecular weight excluding hydrogens is 256 g/mol. The fraction of sp³-hybridized carbons (Fsp3) is 0.400. The van der Waals surface area contributed by atoms with Gasteiger partial charge in [0, 0.05) is 0 Å². The summed E-state index contributed by atoms with van der Waals surface area (Å²) in [5.74, 6) is 1.17. The molecule has 1 atom stereocenters. The summed E-state index contributed by atoms with van der Waals surface area (Å²) in [6.45, 7) is 4.38. The van der Waals surface area contributed by atoms with Crippen molar-refractivity contribution in [2.45, 2.75) is 51.0 Å². The second kappa shape index (κ2) is 6.03. The molecule has 1 nitrogen and oxygen atoms in total. The third kappa shape index (κ3) is 2.89. The third-order valence-electron chi connectivity index (χ3n) is 4.75. The third-order valence-corrected chi connectivity index (χ3v) is 4.75. The van der Waals surface area contributed by atoms with Crippen LogP contribution >= 0.6 is 0 Å². The molecule has 1 heteroatoms. The van der Waals surface area contributed by atoms with Crippen LogP contribution in [0.15, 0.2) is 48.5 Å². The van der Waals surface area contributed by atoms with Crippen molar-refractivity contribution in [1.82, 2.24) is 0 Å².